The third-order valence-electron chi connectivity index (χ3n) is 5.23. The van der Waals surface area contributed by atoms with E-state index in [1.807, 2.05) is 0 Å². The van der Waals surface area contributed by atoms with E-state index in [4.69, 9.17) is 4.42 Å². The number of sulfonamides is 1. The molecule has 1 aromatic carbocycles. The van der Waals surface area contributed by atoms with Gasteiger partial charge in [-0.1, -0.05) is 6.92 Å². The van der Waals surface area contributed by atoms with Crippen LogP contribution in [0.1, 0.15) is 25.3 Å². The van der Waals surface area contributed by atoms with Crippen LogP contribution in [0.3, 0.4) is 0 Å². The number of aromatic nitrogens is 2. The van der Waals surface area contributed by atoms with Gasteiger partial charge in [-0.25, -0.2) is 18.4 Å². The Balaban J connectivity index is 1.80. The lowest BCUT2D eigenvalue weighted by Crippen LogP contribution is -2.29. The van der Waals surface area contributed by atoms with Crippen molar-refractivity contribution in [2.45, 2.75) is 35.6 Å². The topological polar surface area (TPSA) is 143 Å². The molecule has 1 aliphatic carbocycles. The second kappa shape index (κ2) is 7.42. The van der Waals surface area contributed by atoms with Gasteiger partial charge in [-0.3, -0.25) is 4.72 Å². The summed E-state index contributed by atoms with van der Waals surface area (Å²) in [5.41, 5.74) is -6.31. The first-order valence-corrected chi connectivity index (χ1v) is 12.6. The minimum absolute atomic E-state index is 0.0196. The summed E-state index contributed by atoms with van der Waals surface area (Å²) in [5.74, 6) is -0.477. The van der Waals surface area contributed by atoms with Gasteiger partial charge in [0.2, 0.25) is 5.89 Å². The molecule has 3 aromatic rings. The van der Waals surface area contributed by atoms with E-state index in [1.165, 1.54) is 30.0 Å². The van der Waals surface area contributed by atoms with E-state index in [-0.39, 0.29) is 33.3 Å². The molecule has 0 spiro atoms. The van der Waals surface area contributed by atoms with Gasteiger partial charge < -0.3 is 4.42 Å². The maximum Gasteiger partial charge on any atom is 0.516 e. The first-order chi connectivity index (χ1) is 15.3. The van der Waals surface area contributed by atoms with E-state index in [1.54, 1.807) is 0 Å². The Kier molecular flexibility index (Phi) is 5.17. The predicted molar refractivity (Wildman–Crippen MR) is 110 cm³/mol. The molecular formula is C19H15F3N4O5S2. The second-order valence-corrected chi connectivity index (χ2v) is 11.3. The fourth-order valence-corrected chi connectivity index (χ4v) is 4.76. The zero-order valence-electron chi connectivity index (χ0n) is 16.8. The number of anilines is 1. The Labute approximate surface area is 186 Å². The number of nitrogens with one attached hydrogen (secondary N) is 1. The van der Waals surface area contributed by atoms with E-state index in [9.17, 15) is 35.3 Å². The van der Waals surface area contributed by atoms with Crippen LogP contribution in [0.4, 0.5) is 18.9 Å². The van der Waals surface area contributed by atoms with Gasteiger partial charge in [-0.2, -0.15) is 26.9 Å². The van der Waals surface area contributed by atoms with Gasteiger partial charge >= 0.3 is 15.5 Å². The molecule has 0 unspecified atom stereocenters. The standard InChI is InChI=1S/C19H15F3N4O5S2/c1-2-32(27,28)15-7-11(18(10-23)5-6-18)9-24-16(15)17-25-13-8-12(3-4-14(13)31-17)26-33(29,30)19(20,21)22/h3-4,7-9,26H,2,5-6H2,1H3. The summed E-state index contributed by atoms with van der Waals surface area (Å²) in [6.45, 7) is 1.44. The molecule has 2 heterocycles. The number of nitrogens with zero attached hydrogens (tertiary/aromatic N) is 3. The summed E-state index contributed by atoms with van der Waals surface area (Å²) in [4.78, 5) is 8.09. The smallest absolute Gasteiger partial charge is 0.435 e. The maximum atomic E-state index is 12.7. The van der Waals surface area contributed by atoms with Gasteiger partial charge in [0.1, 0.15) is 11.2 Å². The van der Waals surface area contributed by atoms with Crippen molar-refractivity contribution in [3.05, 3.63) is 36.0 Å². The molecule has 1 N–H and O–H groups in total. The molecule has 0 bridgehead atoms. The van der Waals surface area contributed by atoms with Gasteiger partial charge in [-0.05, 0) is 42.7 Å². The highest BCUT2D eigenvalue weighted by Gasteiger charge is 2.47. The lowest BCUT2D eigenvalue weighted by molar-refractivity contribution is -0.0429. The number of benzene rings is 1. The van der Waals surface area contributed by atoms with Crippen molar-refractivity contribution in [2.24, 2.45) is 0 Å². The van der Waals surface area contributed by atoms with Gasteiger partial charge in [0, 0.05) is 6.20 Å². The molecule has 0 saturated heterocycles. The van der Waals surface area contributed by atoms with E-state index >= 15 is 0 Å². The molecule has 14 heteroatoms. The molecule has 0 radical (unpaired) electrons. The average molecular weight is 500 g/mol. The van der Waals surface area contributed by atoms with E-state index in [0.717, 1.165) is 12.1 Å². The monoisotopic (exact) mass is 500 g/mol. The Bertz CT molecular complexity index is 1520. The molecule has 174 valence electrons. The first-order valence-electron chi connectivity index (χ1n) is 9.46. The molecule has 0 amide bonds. The third kappa shape index (κ3) is 4.02. The van der Waals surface area contributed by atoms with Crippen LogP contribution in [0.5, 0.6) is 0 Å². The Morgan fingerprint density at radius 2 is 1.91 bits per heavy atom. The highest BCUT2D eigenvalue weighted by atomic mass is 32.2. The molecule has 4 rings (SSSR count). The highest BCUT2D eigenvalue weighted by molar-refractivity contribution is 7.93. The number of pyridine rings is 1. The number of nitriles is 1. The fourth-order valence-electron chi connectivity index (χ4n) is 3.15. The van der Waals surface area contributed by atoms with Gasteiger partial charge in [0.05, 0.1) is 27.8 Å². The van der Waals surface area contributed by atoms with E-state index < -0.39 is 36.5 Å². The zero-order chi connectivity index (χ0) is 24.2. The van der Waals surface area contributed by atoms with Crippen LogP contribution in [0.2, 0.25) is 0 Å². The van der Waals surface area contributed by atoms with Crippen LogP contribution in [-0.2, 0) is 25.3 Å². The number of oxazole rings is 1. The van der Waals surface area contributed by atoms with Crippen LogP contribution in [0, 0.1) is 11.3 Å². The Morgan fingerprint density at radius 3 is 2.48 bits per heavy atom. The van der Waals surface area contributed by atoms with Crippen molar-refractivity contribution in [3.63, 3.8) is 0 Å². The summed E-state index contributed by atoms with van der Waals surface area (Å²) in [7, 11) is -9.45. The largest absolute Gasteiger partial charge is 0.516 e. The van der Waals surface area contributed by atoms with Crippen LogP contribution < -0.4 is 4.72 Å². The number of halogens is 3. The quantitative estimate of drug-likeness (QED) is 0.542. The number of alkyl halides is 3. The predicted octanol–water partition coefficient (Wildman–Crippen LogP) is 3.50. The summed E-state index contributed by atoms with van der Waals surface area (Å²) < 4.78 is 93.0. The molecule has 1 aliphatic rings. The molecule has 33 heavy (non-hydrogen) atoms. The van der Waals surface area contributed by atoms with Crippen molar-refractivity contribution < 1.29 is 34.4 Å². The van der Waals surface area contributed by atoms with Crippen LogP contribution in [0.15, 0.2) is 39.8 Å². The number of fused-ring (bicyclic) bond motifs is 1. The van der Waals surface area contributed by atoms with Gasteiger partial charge in [0.15, 0.2) is 15.4 Å². The number of sulfone groups is 1. The Hall–Kier alpha value is -3.18. The number of hydrogen-bond donors (Lipinski definition) is 1. The molecule has 0 aliphatic heterocycles. The Morgan fingerprint density at radius 1 is 1.21 bits per heavy atom. The number of rotatable bonds is 6. The van der Waals surface area contributed by atoms with Gasteiger partial charge in [0.25, 0.3) is 0 Å². The zero-order valence-corrected chi connectivity index (χ0v) is 18.5. The average Bonchev–Trinajstić information content (AvgIpc) is 3.44. The second-order valence-electron chi connectivity index (χ2n) is 7.42. The molecule has 1 fully saturated rings. The van der Waals surface area contributed by atoms with E-state index in [0.29, 0.717) is 18.4 Å². The SMILES string of the molecule is CCS(=O)(=O)c1cc(C2(C#N)CC2)cnc1-c1nc2cc(NS(=O)(=O)C(F)(F)F)ccc2o1. The molecule has 0 atom stereocenters. The summed E-state index contributed by atoms with van der Waals surface area (Å²) in [5, 5.41) is 9.42. The minimum Gasteiger partial charge on any atom is -0.435 e. The lowest BCUT2D eigenvalue weighted by Gasteiger charge is -2.11. The minimum atomic E-state index is -5.64. The normalized spacial score (nSPS) is 15.8. The van der Waals surface area contributed by atoms with Crippen LogP contribution in [-0.4, -0.2) is 38.1 Å². The van der Waals surface area contributed by atoms with Crippen molar-refractivity contribution in [2.75, 3.05) is 10.5 Å². The molecular weight excluding hydrogens is 485 g/mol. The summed E-state index contributed by atoms with van der Waals surface area (Å²) in [6, 6.07) is 6.80. The highest BCUT2D eigenvalue weighted by Crippen LogP contribution is 2.48. The van der Waals surface area contributed by atoms with Crippen molar-refractivity contribution in [3.8, 4) is 17.7 Å². The lowest BCUT2D eigenvalue weighted by atomic mass is 9.99. The van der Waals surface area contributed by atoms with Crippen molar-refractivity contribution in [1.82, 2.24) is 9.97 Å². The summed E-state index contributed by atoms with van der Waals surface area (Å²) >= 11 is 0. The summed E-state index contributed by atoms with van der Waals surface area (Å²) in [6.07, 6.45) is 2.53. The van der Waals surface area contributed by atoms with Crippen LogP contribution >= 0.6 is 0 Å². The van der Waals surface area contributed by atoms with Crippen molar-refractivity contribution >= 4 is 36.6 Å². The van der Waals surface area contributed by atoms with Crippen molar-refractivity contribution in [1.29, 1.82) is 5.26 Å². The number of hydrogen-bond acceptors (Lipinski definition) is 8. The first kappa shape index (κ1) is 23.0. The fraction of sp³-hybridized carbons (Fsp3) is 0.316. The third-order valence-corrected chi connectivity index (χ3v) is 8.09. The van der Waals surface area contributed by atoms with Crippen LogP contribution in [0.25, 0.3) is 22.7 Å². The molecule has 2 aromatic heterocycles. The van der Waals surface area contributed by atoms with E-state index in [2.05, 4.69) is 16.0 Å². The molecule has 1 saturated carbocycles. The molecule has 9 nitrogen and oxygen atoms in total. The maximum absolute atomic E-state index is 12.7. The van der Waals surface area contributed by atoms with Gasteiger partial charge in [-0.15, -0.1) is 0 Å².